The molecule has 288 valence electrons. The summed E-state index contributed by atoms with van der Waals surface area (Å²) in [7, 11) is 3.60. The van der Waals surface area contributed by atoms with Gasteiger partial charge in [-0.2, -0.15) is 5.12 Å². The predicted octanol–water partition coefficient (Wildman–Crippen LogP) is 5.15. The molecule has 0 aliphatic carbocycles. The second-order valence-corrected chi connectivity index (χ2v) is 16.1. The molecule has 0 spiro atoms. The number of carbonyl (C=O) groups is 3. The number of aromatic nitrogens is 3. The molecule has 3 aromatic heterocycles. The van der Waals surface area contributed by atoms with Crippen molar-refractivity contribution in [3.8, 4) is 11.3 Å². The maximum Gasteiger partial charge on any atom is 0.417 e. The third kappa shape index (κ3) is 9.89. The molecule has 3 amide bonds. The van der Waals surface area contributed by atoms with Gasteiger partial charge < -0.3 is 26.0 Å². The van der Waals surface area contributed by atoms with Crippen LogP contribution in [0.3, 0.4) is 0 Å². The number of anilines is 1. The van der Waals surface area contributed by atoms with E-state index in [9.17, 15) is 14.4 Å². The molecule has 16 heteroatoms. The molecular formula is C39H46N10O4S2. The zero-order valence-electron chi connectivity index (χ0n) is 31.4. The maximum absolute atomic E-state index is 14.0. The summed E-state index contributed by atoms with van der Waals surface area (Å²) in [5.74, 6) is -0.260. The number of amides is 3. The van der Waals surface area contributed by atoms with Crippen molar-refractivity contribution in [1.82, 2.24) is 41.0 Å². The lowest BCUT2D eigenvalue weighted by Crippen LogP contribution is -2.53. The SMILES string of the molecule is CN1C=C(OC(=O)N(C[C@H](Cc2ccccc2)NC(=O)c2cc(-c3cnnn3C)cs2)C(C)(C)C)NN1c1ccc(C(=O)N[C@H](CN)Cc2ccccc2)s1. The topological polar surface area (TPSA) is 163 Å². The van der Waals surface area contributed by atoms with Gasteiger partial charge in [-0.05, 0) is 62.9 Å². The molecule has 14 nitrogen and oxygen atoms in total. The summed E-state index contributed by atoms with van der Waals surface area (Å²) < 4.78 is 7.59. The molecule has 0 bridgehead atoms. The standard InChI is InChI=1S/C39H46N10O4S2/c1-39(2,3)48(23-30(19-27-14-10-7-11-15-27)43-37(51)33-20-28(25-54-33)31-22-41-45-47(31)5)38(52)53-34-24-46(4)49(44-34)35-17-16-32(55-35)36(50)42-29(21-40)18-26-12-8-6-9-13-26/h6-17,20,22,24-25,29-30,44H,18-19,21,23,40H2,1-5H3,(H,42,50)(H,43,51)/t29-,30-/m0/s1. The number of hydrogen-bond donors (Lipinski definition) is 4. The Morgan fingerprint density at radius 2 is 1.55 bits per heavy atom. The summed E-state index contributed by atoms with van der Waals surface area (Å²) in [4.78, 5) is 43.5. The van der Waals surface area contributed by atoms with Gasteiger partial charge in [-0.25, -0.2) is 14.9 Å². The van der Waals surface area contributed by atoms with Crippen LogP contribution in [-0.2, 0) is 24.6 Å². The molecule has 2 aromatic carbocycles. The van der Waals surface area contributed by atoms with E-state index >= 15 is 0 Å². The van der Waals surface area contributed by atoms with Gasteiger partial charge in [-0.1, -0.05) is 65.9 Å². The minimum Gasteiger partial charge on any atom is -0.390 e. The van der Waals surface area contributed by atoms with Gasteiger partial charge in [-0.3, -0.25) is 14.6 Å². The van der Waals surface area contributed by atoms with E-state index in [1.165, 1.54) is 22.7 Å². The Kier molecular flexibility index (Phi) is 12.2. The lowest BCUT2D eigenvalue weighted by Gasteiger charge is -2.37. The quantitative estimate of drug-likeness (QED) is 0.119. The molecule has 0 fully saturated rings. The number of thiophene rings is 2. The van der Waals surface area contributed by atoms with E-state index < -0.39 is 17.7 Å². The third-order valence-corrected chi connectivity index (χ3v) is 10.9. The molecule has 0 radical (unpaired) electrons. The van der Waals surface area contributed by atoms with Crippen molar-refractivity contribution >= 4 is 45.6 Å². The normalized spacial score (nSPS) is 13.8. The highest BCUT2D eigenvalue weighted by Crippen LogP contribution is 2.30. The van der Waals surface area contributed by atoms with Crippen LogP contribution in [0.2, 0.25) is 0 Å². The van der Waals surface area contributed by atoms with Crippen LogP contribution in [0.5, 0.6) is 0 Å². The van der Waals surface area contributed by atoms with Gasteiger partial charge in [0.05, 0.1) is 33.9 Å². The van der Waals surface area contributed by atoms with Crippen molar-refractivity contribution in [2.24, 2.45) is 12.8 Å². The average Bonchev–Trinajstić information content (AvgIpc) is 3.98. The Hall–Kier alpha value is -5.71. The van der Waals surface area contributed by atoms with Gasteiger partial charge in [0.25, 0.3) is 11.8 Å². The number of nitrogens with zero attached hydrogens (tertiary/aromatic N) is 6. The van der Waals surface area contributed by atoms with Crippen molar-refractivity contribution in [3.05, 3.63) is 123 Å². The fraction of sp³-hybridized carbons (Fsp3) is 0.308. The number of carbonyl (C=O) groups excluding carboxylic acids is 3. The fourth-order valence-electron chi connectivity index (χ4n) is 6.06. The highest BCUT2D eigenvalue weighted by Gasteiger charge is 2.34. The van der Waals surface area contributed by atoms with Crippen LogP contribution in [0.15, 0.2) is 103 Å². The molecular weight excluding hydrogens is 737 g/mol. The van der Waals surface area contributed by atoms with Crippen molar-refractivity contribution in [2.45, 2.75) is 51.2 Å². The summed E-state index contributed by atoms with van der Waals surface area (Å²) in [6, 6.07) is 24.5. The smallest absolute Gasteiger partial charge is 0.390 e. The number of nitrogens with one attached hydrogen (secondary N) is 3. The first kappa shape index (κ1) is 39.0. The highest BCUT2D eigenvalue weighted by molar-refractivity contribution is 7.18. The van der Waals surface area contributed by atoms with Gasteiger partial charge in [-0.15, -0.1) is 27.8 Å². The van der Waals surface area contributed by atoms with Crippen molar-refractivity contribution in [3.63, 3.8) is 0 Å². The van der Waals surface area contributed by atoms with Crippen molar-refractivity contribution in [1.29, 1.82) is 0 Å². The van der Waals surface area contributed by atoms with Gasteiger partial charge in [0.2, 0.25) is 5.88 Å². The van der Waals surface area contributed by atoms with E-state index in [2.05, 4.69) is 26.4 Å². The average molecular weight is 783 g/mol. The van der Waals surface area contributed by atoms with E-state index in [4.69, 9.17) is 10.5 Å². The number of benzene rings is 2. The second-order valence-electron chi connectivity index (χ2n) is 14.2. The lowest BCUT2D eigenvalue weighted by atomic mass is 10.0. The minimum absolute atomic E-state index is 0.178. The monoisotopic (exact) mass is 782 g/mol. The van der Waals surface area contributed by atoms with E-state index in [0.717, 1.165) is 22.4 Å². The number of hydrogen-bond acceptors (Lipinski definition) is 12. The van der Waals surface area contributed by atoms with E-state index in [-0.39, 0.29) is 30.3 Å². The number of nitrogens with two attached hydrogens (primary N) is 1. The lowest BCUT2D eigenvalue weighted by molar-refractivity contribution is 0.0734. The summed E-state index contributed by atoms with van der Waals surface area (Å²) in [5, 5.41) is 20.2. The second kappa shape index (κ2) is 17.2. The van der Waals surface area contributed by atoms with Crippen LogP contribution in [0, 0.1) is 0 Å². The maximum atomic E-state index is 14.0. The Morgan fingerprint density at radius 3 is 2.16 bits per heavy atom. The Balaban J connectivity index is 1.11. The zero-order valence-corrected chi connectivity index (χ0v) is 33.1. The third-order valence-electron chi connectivity index (χ3n) is 8.93. The van der Waals surface area contributed by atoms with Crippen LogP contribution < -0.4 is 26.9 Å². The van der Waals surface area contributed by atoms with Crippen LogP contribution in [0.4, 0.5) is 9.80 Å². The van der Waals surface area contributed by atoms with Crippen LogP contribution in [0.1, 0.15) is 51.2 Å². The van der Waals surface area contributed by atoms with E-state index in [0.29, 0.717) is 34.1 Å². The number of hydrazine groups is 2. The first-order chi connectivity index (χ1) is 26.4. The molecule has 1 aliphatic heterocycles. The molecule has 6 rings (SSSR count). The summed E-state index contributed by atoms with van der Waals surface area (Å²) >= 11 is 2.62. The first-order valence-corrected chi connectivity index (χ1v) is 19.5. The molecule has 2 atom stereocenters. The zero-order chi connectivity index (χ0) is 39.1. The molecule has 0 saturated carbocycles. The minimum atomic E-state index is -0.665. The molecule has 55 heavy (non-hydrogen) atoms. The van der Waals surface area contributed by atoms with Gasteiger partial charge in [0, 0.05) is 49.7 Å². The molecule has 5 aromatic rings. The highest BCUT2D eigenvalue weighted by atomic mass is 32.1. The Bertz CT molecular complexity index is 2110. The Morgan fingerprint density at radius 1 is 0.909 bits per heavy atom. The molecule has 4 heterocycles. The van der Waals surface area contributed by atoms with Gasteiger partial charge in [0.15, 0.2) is 0 Å². The summed E-state index contributed by atoms with van der Waals surface area (Å²) in [6.45, 7) is 6.25. The van der Waals surface area contributed by atoms with E-state index in [1.54, 1.807) is 52.3 Å². The largest absolute Gasteiger partial charge is 0.417 e. The first-order valence-electron chi connectivity index (χ1n) is 17.8. The predicted molar refractivity (Wildman–Crippen MR) is 215 cm³/mol. The van der Waals surface area contributed by atoms with Gasteiger partial charge >= 0.3 is 6.09 Å². The molecule has 5 N–H and O–H groups in total. The molecule has 0 saturated heterocycles. The van der Waals surface area contributed by atoms with Crippen LogP contribution in [0.25, 0.3) is 11.3 Å². The molecule has 0 unspecified atom stereocenters. The number of ether oxygens (including phenoxy) is 1. The summed E-state index contributed by atoms with van der Waals surface area (Å²) in [6.07, 6.45) is 3.83. The van der Waals surface area contributed by atoms with Crippen molar-refractivity contribution in [2.75, 3.05) is 25.3 Å². The van der Waals surface area contributed by atoms with Crippen LogP contribution in [-0.4, -0.2) is 80.6 Å². The molecule has 1 aliphatic rings. The number of rotatable bonds is 14. The Labute approximate surface area is 328 Å². The number of aryl methyl sites for hydroxylation is 1. The van der Waals surface area contributed by atoms with Crippen LogP contribution >= 0.6 is 22.7 Å². The van der Waals surface area contributed by atoms with Gasteiger partial charge in [0.1, 0.15) is 5.00 Å². The summed E-state index contributed by atoms with van der Waals surface area (Å²) in [5.41, 5.74) is 12.2. The van der Waals surface area contributed by atoms with E-state index in [1.807, 2.05) is 98.9 Å². The fourth-order valence-corrected chi connectivity index (χ4v) is 7.77. The van der Waals surface area contributed by atoms with Crippen molar-refractivity contribution < 1.29 is 19.1 Å².